The summed E-state index contributed by atoms with van der Waals surface area (Å²) in [6, 6.07) is 5.29. The lowest BCUT2D eigenvalue weighted by Gasteiger charge is -2.21. The average molecular weight is 330 g/mol. The molecule has 0 amide bonds. The Morgan fingerprint density at radius 1 is 1.38 bits per heavy atom. The minimum atomic E-state index is -4.18. The van der Waals surface area contributed by atoms with Gasteiger partial charge in [0.2, 0.25) is 10.0 Å². The van der Waals surface area contributed by atoms with Crippen LogP contribution in [0, 0.1) is 21.4 Å². The lowest BCUT2D eigenvalue weighted by Crippen LogP contribution is -2.45. The highest BCUT2D eigenvalue weighted by molar-refractivity contribution is 7.89. The Morgan fingerprint density at radius 2 is 2.00 bits per heavy atom. The quantitative estimate of drug-likeness (QED) is 0.672. The van der Waals surface area contributed by atoms with E-state index in [4.69, 9.17) is 11.6 Å². The fourth-order valence-corrected chi connectivity index (χ4v) is 4.08. The number of halogens is 1. The molecule has 1 N–H and O–H groups in total. The van der Waals surface area contributed by atoms with Crippen molar-refractivity contribution in [2.24, 2.45) is 0 Å². The predicted molar refractivity (Wildman–Crippen MR) is 75.2 cm³/mol. The number of rotatable bonds is 4. The second kappa shape index (κ2) is 5.60. The maximum Gasteiger partial charge on any atom is 0.290 e. The van der Waals surface area contributed by atoms with E-state index in [2.05, 4.69) is 4.72 Å². The lowest BCUT2D eigenvalue weighted by molar-refractivity contribution is -0.387. The maximum atomic E-state index is 12.4. The number of nitro groups is 1. The van der Waals surface area contributed by atoms with E-state index in [9.17, 15) is 23.8 Å². The summed E-state index contributed by atoms with van der Waals surface area (Å²) < 4.78 is 27.1. The van der Waals surface area contributed by atoms with Gasteiger partial charge in [-0.2, -0.15) is 9.98 Å². The molecule has 9 heteroatoms. The molecule has 0 unspecified atom stereocenters. The van der Waals surface area contributed by atoms with Crippen molar-refractivity contribution in [2.45, 2.75) is 36.1 Å². The molecule has 1 aromatic rings. The molecule has 0 spiro atoms. The number of nitrogens with one attached hydrogen (secondary N) is 1. The molecule has 7 nitrogen and oxygen atoms in total. The van der Waals surface area contributed by atoms with Crippen LogP contribution in [0.1, 0.15) is 25.7 Å². The van der Waals surface area contributed by atoms with Gasteiger partial charge in [-0.05, 0) is 25.0 Å². The van der Waals surface area contributed by atoms with Crippen LogP contribution in [0.15, 0.2) is 23.1 Å². The second-order valence-electron chi connectivity index (χ2n) is 4.88. The molecular weight excluding hydrogens is 318 g/mol. The topological polar surface area (TPSA) is 113 Å². The lowest BCUT2D eigenvalue weighted by atomic mass is 10.0. The van der Waals surface area contributed by atoms with E-state index in [1.54, 1.807) is 0 Å². The van der Waals surface area contributed by atoms with E-state index in [0.29, 0.717) is 12.8 Å². The van der Waals surface area contributed by atoms with Gasteiger partial charge in [-0.1, -0.05) is 24.4 Å². The fraction of sp³-hybridized carbons (Fsp3) is 0.417. The molecule has 21 heavy (non-hydrogen) atoms. The SMILES string of the molecule is N#CC1(NS(=O)(=O)c2ccc(Cl)cc2[N+](=O)[O-])CCCC1. The molecule has 1 fully saturated rings. The Hall–Kier alpha value is -1.69. The van der Waals surface area contributed by atoms with Crippen molar-refractivity contribution in [1.29, 1.82) is 5.26 Å². The Morgan fingerprint density at radius 3 is 2.52 bits per heavy atom. The van der Waals surface area contributed by atoms with Gasteiger partial charge in [0, 0.05) is 11.1 Å². The minimum Gasteiger partial charge on any atom is -0.258 e. The van der Waals surface area contributed by atoms with Gasteiger partial charge in [0.05, 0.1) is 11.0 Å². The summed E-state index contributed by atoms with van der Waals surface area (Å²) >= 11 is 5.66. The Balaban J connectivity index is 2.46. The van der Waals surface area contributed by atoms with E-state index < -0.39 is 31.1 Å². The van der Waals surface area contributed by atoms with Crippen LogP contribution in [0.2, 0.25) is 5.02 Å². The van der Waals surface area contributed by atoms with E-state index in [1.807, 2.05) is 6.07 Å². The first-order valence-electron chi connectivity index (χ1n) is 6.19. The van der Waals surface area contributed by atoms with E-state index >= 15 is 0 Å². The molecule has 1 aliphatic rings. The van der Waals surface area contributed by atoms with E-state index in [0.717, 1.165) is 25.0 Å². The van der Waals surface area contributed by atoms with Gasteiger partial charge in [0.25, 0.3) is 5.69 Å². The van der Waals surface area contributed by atoms with Crippen LogP contribution in [-0.4, -0.2) is 18.9 Å². The maximum absolute atomic E-state index is 12.4. The van der Waals surface area contributed by atoms with Crippen LogP contribution in [-0.2, 0) is 10.0 Å². The van der Waals surface area contributed by atoms with Gasteiger partial charge in [0.15, 0.2) is 4.90 Å². The summed E-state index contributed by atoms with van der Waals surface area (Å²) in [5.41, 5.74) is -1.80. The van der Waals surface area contributed by atoms with Crippen molar-refractivity contribution in [3.05, 3.63) is 33.3 Å². The molecule has 0 atom stereocenters. The summed E-state index contributed by atoms with van der Waals surface area (Å²) in [6.45, 7) is 0. The zero-order valence-electron chi connectivity index (χ0n) is 10.9. The summed E-state index contributed by atoms with van der Waals surface area (Å²) in [5.74, 6) is 0. The molecule has 1 aliphatic carbocycles. The average Bonchev–Trinajstić information content (AvgIpc) is 2.86. The van der Waals surface area contributed by atoms with Crippen LogP contribution in [0.3, 0.4) is 0 Å². The Bertz CT molecular complexity index is 721. The normalized spacial score (nSPS) is 17.3. The molecule has 0 aliphatic heterocycles. The van der Waals surface area contributed by atoms with Gasteiger partial charge in [-0.3, -0.25) is 10.1 Å². The number of hydrogen-bond acceptors (Lipinski definition) is 5. The van der Waals surface area contributed by atoms with Gasteiger partial charge >= 0.3 is 0 Å². The first-order chi connectivity index (χ1) is 9.80. The van der Waals surface area contributed by atoms with Crippen LogP contribution in [0.4, 0.5) is 5.69 Å². The summed E-state index contributed by atoms with van der Waals surface area (Å²) in [5, 5.41) is 20.3. The van der Waals surface area contributed by atoms with Crippen molar-refractivity contribution in [2.75, 3.05) is 0 Å². The van der Waals surface area contributed by atoms with Gasteiger partial charge in [-0.25, -0.2) is 8.42 Å². The highest BCUT2D eigenvalue weighted by Gasteiger charge is 2.40. The second-order valence-corrected chi connectivity index (χ2v) is 6.96. The van der Waals surface area contributed by atoms with Gasteiger partial charge < -0.3 is 0 Å². The standard InChI is InChI=1S/C12H12ClN3O4S/c13-9-3-4-11(10(7-9)16(17)18)21(19,20)15-12(8-14)5-1-2-6-12/h3-4,7,15H,1-2,5-6H2. The molecule has 0 aromatic heterocycles. The van der Waals surface area contributed by atoms with Crippen molar-refractivity contribution in [1.82, 2.24) is 4.72 Å². The zero-order chi connectivity index (χ0) is 15.7. The highest BCUT2D eigenvalue weighted by Crippen LogP contribution is 2.33. The molecule has 1 aromatic carbocycles. The Kier molecular flexibility index (Phi) is 4.18. The van der Waals surface area contributed by atoms with Crippen molar-refractivity contribution < 1.29 is 13.3 Å². The smallest absolute Gasteiger partial charge is 0.258 e. The van der Waals surface area contributed by atoms with Gasteiger partial charge in [-0.15, -0.1) is 0 Å². The molecule has 0 radical (unpaired) electrons. The summed E-state index contributed by atoms with van der Waals surface area (Å²) in [4.78, 5) is 9.70. The van der Waals surface area contributed by atoms with Crippen LogP contribution in [0.5, 0.6) is 0 Å². The van der Waals surface area contributed by atoms with Gasteiger partial charge in [0.1, 0.15) is 5.54 Å². The zero-order valence-corrected chi connectivity index (χ0v) is 12.4. The Labute approximate surface area is 126 Å². The van der Waals surface area contributed by atoms with Crippen LogP contribution < -0.4 is 4.72 Å². The molecule has 0 heterocycles. The number of nitriles is 1. The number of nitro benzene ring substituents is 1. The van der Waals surface area contributed by atoms with Crippen molar-refractivity contribution in [3.63, 3.8) is 0 Å². The largest absolute Gasteiger partial charge is 0.290 e. The van der Waals surface area contributed by atoms with E-state index in [-0.39, 0.29) is 5.02 Å². The monoisotopic (exact) mass is 329 g/mol. The fourth-order valence-electron chi connectivity index (χ4n) is 2.39. The van der Waals surface area contributed by atoms with Crippen molar-refractivity contribution >= 4 is 27.3 Å². The van der Waals surface area contributed by atoms with Crippen LogP contribution >= 0.6 is 11.6 Å². The van der Waals surface area contributed by atoms with Crippen molar-refractivity contribution in [3.8, 4) is 6.07 Å². The van der Waals surface area contributed by atoms with E-state index in [1.165, 1.54) is 6.07 Å². The third-order valence-corrected chi connectivity index (χ3v) is 5.23. The molecule has 112 valence electrons. The highest BCUT2D eigenvalue weighted by atomic mass is 35.5. The number of hydrogen-bond donors (Lipinski definition) is 1. The first kappa shape index (κ1) is 15.7. The molecule has 0 bridgehead atoms. The third-order valence-electron chi connectivity index (χ3n) is 3.41. The third kappa shape index (κ3) is 3.15. The summed E-state index contributed by atoms with van der Waals surface area (Å²) in [6.07, 6.45) is 2.26. The number of nitrogens with zero attached hydrogens (tertiary/aromatic N) is 2. The predicted octanol–water partition coefficient (Wildman–Crippen LogP) is 2.36. The minimum absolute atomic E-state index is 0.0662. The molecule has 1 saturated carbocycles. The molecule has 2 rings (SSSR count). The van der Waals surface area contributed by atoms with Crippen LogP contribution in [0.25, 0.3) is 0 Å². The summed E-state index contributed by atoms with van der Waals surface area (Å²) in [7, 11) is -4.18. The number of sulfonamides is 1. The first-order valence-corrected chi connectivity index (χ1v) is 8.05. The number of benzene rings is 1. The molecule has 0 saturated heterocycles. The molecular formula is C12H12ClN3O4S.